The first-order valence-electron chi connectivity index (χ1n) is 4.06. The van der Waals surface area contributed by atoms with Gasteiger partial charge in [0.2, 0.25) is 0 Å². The van der Waals surface area contributed by atoms with E-state index in [1.807, 2.05) is 6.07 Å². The number of thiophene rings is 1. The van der Waals surface area contributed by atoms with Gasteiger partial charge in [0.1, 0.15) is 0 Å². The average Bonchev–Trinajstić information content (AvgIpc) is 2.61. The molecule has 0 amide bonds. The van der Waals surface area contributed by atoms with Gasteiger partial charge in [-0.05, 0) is 24.0 Å². The molecule has 14 heavy (non-hydrogen) atoms. The van der Waals surface area contributed by atoms with Crippen LogP contribution >= 0.6 is 46.3 Å². The fourth-order valence-corrected chi connectivity index (χ4v) is 3.91. The predicted molar refractivity (Wildman–Crippen MR) is 68.2 cm³/mol. The molecule has 0 nitrogen and oxygen atoms in total. The van der Waals surface area contributed by atoms with Gasteiger partial charge in [-0.15, -0.1) is 34.7 Å². The molecule has 0 saturated heterocycles. The monoisotopic (exact) mass is 262 g/mol. The molecule has 0 bridgehead atoms. The smallest absolute Gasteiger partial charge is 0.0507 e. The van der Waals surface area contributed by atoms with Crippen LogP contribution in [0.5, 0.6) is 0 Å². The van der Waals surface area contributed by atoms with Crippen LogP contribution in [0.1, 0.15) is 5.56 Å². The second kappa shape index (κ2) is 4.31. The zero-order valence-corrected chi connectivity index (χ0v) is 10.7. The van der Waals surface area contributed by atoms with Gasteiger partial charge in [-0.25, -0.2) is 0 Å². The minimum atomic E-state index is 0.516. The summed E-state index contributed by atoms with van der Waals surface area (Å²) in [4.78, 5) is 1.25. The maximum atomic E-state index is 6.20. The van der Waals surface area contributed by atoms with Crippen molar-refractivity contribution in [3.63, 3.8) is 0 Å². The molecule has 0 unspecified atom stereocenters. The summed E-state index contributed by atoms with van der Waals surface area (Å²) >= 11 is 15.4. The third-order valence-electron chi connectivity index (χ3n) is 2.03. The summed E-state index contributed by atoms with van der Waals surface area (Å²) in [6.45, 7) is 0. The van der Waals surface area contributed by atoms with Crippen LogP contribution in [0.2, 0.25) is 5.02 Å². The van der Waals surface area contributed by atoms with Crippen molar-refractivity contribution >= 4 is 56.4 Å². The Morgan fingerprint density at radius 3 is 2.86 bits per heavy atom. The molecule has 0 aliphatic rings. The Balaban J connectivity index is 2.72. The second-order valence-corrected chi connectivity index (χ2v) is 5.32. The Morgan fingerprint density at radius 2 is 2.21 bits per heavy atom. The molecule has 0 spiro atoms. The highest BCUT2D eigenvalue weighted by molar-refractivity contribution is 7.99. The number of rotatable bonds is 2. The summed E-state index contributed by atoms with van der Waals surface area (Å²) in [6, 6.07) is 4.06. The van der Waals surface area contributed by atoms with Gasteiger partial charge in [0.05, 0.1) is 5.02 Å². The molecule has 74 valence electrons. The molecular weight excluding hydrogens is 255 g/mol. The van der Waals surface area contributed by atoms with Gasteiger partial charge >= 0.3 is 0 Å². The maximum Gasteiger partial charge on any atom is 0.0507 e. The van der Waals surface area contributed by atoms with Crippen molar-refractivity contribution in [2.24, 2.45) is 0 Å². The summed E-state index contributed by atoms with van der Waals surface area (Å²) in [6.07, 6.45) is 2.06. The van der Waals surface area contributed by atoms with Gasteiger partial charge in [0, 0.05) is 26.2 Å². The molecule has 0 atom stereocenters. The summed E-state index contributed by atoms with van der Waals surface area (Å²) in [5, 5.41) is 4.11. The van der Waals surface area contributed by atoms with Gasteiger partial charge < -0.3 is 0 Å². The van der Waals surface area contributed by atoms with E-state index >= 15 is 0 Å². The SMILES string of the molecule is CSc1csc2cc(CCl)cc(Cl)c12. The normalized spacial score (nSPS) is 11.1. The van der Waals surface area contributed by atoms with E-state index in [0.29, 0.717) is 5.88 Å². The molecule has 0 saturated carbocycles. The molecule has 0 fully saturated rings. The van der Waals surface area contributed by atoms with E-state index in [9.17, 15) is 0 Å². The Labute approximate surface area is 101 Å². The lowest BCUT2D eigenvalue weighted by Crippen LogP contribution is -1.78. The van der Waals surface area contributed by atoms with Gasteiger partial charge in [-0.2, -0.15) is 0 Å². The van der Waals surface area contributed by atoms with Crippen LogP contribution in [0.25, 0.3) is 10.1 Å². The molecule has 0 aliphatic carbocycles. The highest BCUT2D eigenvalue weighted by atomic mass is 35.5. The largest absolute Gasteiger partial charge is 0.143 e. The van der Waals surface area contributed by atoms with Crippen molar-refractivity contribution < 1.29 is 0 Å². The summed E-state index contributed by atoms with van der Waals surface area (Å²) in [7, 11) is 0. The van der Waals surface area contributed by atoms with Gasteiger partial charge in [0.15, 0.2) is 0 Å². The quantitative estimate of drug-likeness (QED) is 0.541. The van der Waals surface area contributed by atoms with E-state index in [0.717, 1.165) is 16.0 Å². The first kappa shape index (κ1) is 10.6. The summed E-state index contributed by atoms with van der Waals surface area (Å²) in [5.74, 6) is 0.516. The average molecular weight is 263 g/mol. The van der Waals surface area contributed by atoms with E-state index in [4.69, 9.17) is 23.2 Å². The van der Waals surface area contributed by atoms with Crippen molar-refractivity contribution in [2.75, 3.05) is 6.26 Å². The number of halogens is 2. The number of hydrogen-bond acceptors (Lipinski definition) is 2. The van der Waals surface area contributed by atoms with Crippen LogP contribution in [0.15, 0.2) is 22.4 Å². The van der Waals surface area contributed by atoms with E-state index in [1.165, 1.54) is 9.60 Å². The fraction of sp³-hybridized carbons (Fsp3) is 0.200. The van der Waals surface area contributed by atoms with E-state index in [2.05, 4.69) is 17.7 Å². The molecule has 1 aromatic heterocycles. The van der Waals surface area contributed by atoms with Crippen LogP contribution in [-0.4, -0.2) is 6.26 Å². The Bertz CT molecular complexity index is 462. The Kier molecular flexibility index (Phi) is 3.27. The van der Waals surface area contributed by atoms with E-state index in [1.54, 1.807) is 23.1 Å². The standard InChI is InChI=1S/C10H8Cl2S2/c1-13-9-5-14-8-3-6(4-11)2-7(12)10(8)9/h2-3,5H,4H2,1H3. The third-order valence-corrected chi connectivity index (χ3v) is 4.47. The summed E-state index contributed by atoms with van der Waals surface area (Å²) < 4.78 is 1.22. The van der Waals surface area contributed by atoms with Crippen LogP contribution in [0.4, 0.5) is 0 Å². The minimum Gasteiger partial charge on any atom is -0.143 e. The van der Waals surface area contributed by atoms with Crippen LogP contribution in [0.3, 0.4) is 0 Å². The number of fused-ring (bicyclic) bond motifs is 1. The fourth-order valence-electron chi connectivity index (χ4n) is 1.37. The zero-order chi connectivity index (χ0) is 10.1. The zero-order valence-electron chi connectivity index (χ0n) is 7.51. The lowest BCUT2D eigenvalue weighted by atomic mass is 10.2. The van der Waals surface area contributed by atoms with Crippen molar-refractivity contribution in [1.29, 1.82) is 0 Å². The minimum absolute atomic E-state index is 0.516. The topological polar surface area (TPSA) is 0 Å². The van der Waals surface area contributed by atoms with Gasteiger partial charge in [-0.3, -0.25) is 0 Å². The van der Waals surface area contributed by atoms with Crippen molar-refractivity contribution in [2.45, 2.75) is 10.8 Å². The molecule has 0 N–H and O–H groups in total. The number of hydrogen-bond donors (Lipinski definition) is 0. The molecule has 0 aliphatic heterocycles. The number of alkyl halides is 1. The first-order chi connectivity index (χ1) is 6.76. The van der Waals surface area contributed by atoms with Crippen molar-refractivity contribution in [1.82, 2.24) is 0 Å². The Morgan fingerprint density at radius 1 is 1.43 bits per heavy atom. The third kappa shape index (κ3) is 1.76. The molecule has 0 radical (unpaired) electrons. The van der Waals surface area contributed by atoms with Crippen LogP contribution in [0, 0.1) is 0 Å². The van der Waals surface area contributed by atoms with Crippen LogP contribution in [-0.2, 0) is 5.88 Å². The van der Waals surface area contributed by atoms with Crippen LogP contribution < -0.4 is 0 Å². The first-order valence-corrected chi connectivity index (χ1v) is 7.07. The lowest BCUT2D eigenvalue weighted by Gasteiger charge is -2.00. The number of thioether (sulfide) groups is 1. The van der Waals surface area contributed by atoms with E-state index in [-0.39, 0.29) is 0 Å². The lowest BCUT2D eigenvalue weighted by molar-refractivity contribution is 1.43. The Hall–Kier alpha value is 0.110. The summed E-state index contributed by atoms with van der Waals surface area (Å²) in [5.41, 5.74) is 1.08. The van der Waals surface area contributed by atoms with Gasteiger partial charge in [-0.1, -0.05) is 11.6 Å². The molecule has 1 aromatic carbocycles. The molecule has 4 heteroatoms. The van der Waals surface area contributed by atoms with E-state index < -0.39 is 0 Å². The van der Waals surface area contributed by atoms with Gasteiger partial charge in [0.25, 0.3) is 0 Å². The highest BCUT2D eigenvalue weighted by Gasteiger charge is 2.08. The molecule has 1 heterocycles. The maximum absolute atomic E-state index is 6.20. The van der Waals surface area contributed by atoms with Crippen molar-refractivity contribution in [3.05, 3.63) is 28.1 Å². The number of benzene rings is 1. The predicted octanol–water partition coefficient (Wildman–Crippen LogP) is 5.02. The second-order valence-electron chi connectivity index (χ2n) is 2.89. The molecule has 2 rings (SSSR count). The van der Waals surface area contributed by atoms with Crippen molar-refractivity contribution in [3.8, 4) is 0 Å². The highest BCUT2D eigenvalue weighted by Crippen LogP contribution is 2.37. The molecular formula is C10H8Cl2S2. The molecule has 2 aromatic rings.